The van der Waals surface area contributed by atoms with Crippen molar-refractivity contribution in [3.63, 3.8) is 0 Å². The van der Waals surface area contributed by atoms with Crippen LogP contribution >= 0.6 is 0 Å². The monoisotopic (exact) mass is 200 g/mol. The molecular formula is C10H20N2O2. The molecule has 1 heterocycles. The van der Waals surface area contributed by atoms with Crippen molar-refractivity contribution in [1.82, 2.24) is 10.2 Å². The molecule has 0 radical (unpaired) electrons. The van der Waals surface area contributed by atoms with E-state index in [4.69, 9.17) is 4.74 Å². The third kappa shape index (κ3) is 2.69. The Balaban J connectivity index is 2.50. The molecule has 0 aromatic carbocycles. The summed E-state index contributed by atoms with van der Waals surface area (Å²) in [5.41, 5.74) is 0. The molecule has 4 heteroatoms. The lowest BCUT2D eigenvalue weighted by Gasteiger charge is -2.33. The fraction of sp³-hybridized carbons (Fsp3) is 0.900. The Bertz CT molecular complexity index is 193. The number of amides is 1. The zero-order chi connectivity index (χ0) is 10.6. The van der Waals surface area contributed by atoms with E-state index in [1.54, 1.807) is 7.11 Å². The predicted molar refractivity (Wildman–Crippen MR) is 55.1 cm³/mol. The van der Waals surface area contributed by atoms with Crippen LogP contribution in [0.25, 0.3) is 0 Å². The molecule has 14 heavy (non-hydrogen) atoms. The SMILES string of the molecule is CCC(OC)C(=O)N1CCNC(C)C1. The van der Waals surface area contributed by atoms with E-state index in [1.807, 2.05) is 11.8 Å². The van der Waals surface area contributed by atoms with Crippen molar-refractivity contribution in [2.75, 3.05) is 26.7 Å². The molecule has 82 valence electrons. The number of hydrogen-bond acceptors (Lipinski definition) is 3. The maximum absolute atomic E-state index is 11.9. The van der Waals surface area contributed by atoms with Gasteiger partial charge >= 0.3 is 0 Å². The van der Waals surface area contributed by atoms with E-state index in [9.17, 15) is 4.79 Å². The second-order valence-electron chi connectivity index (χ2n) is 3.77. The van der Waals surface area contributed by atoms with Crippen LogP contribution < -0.4 is 5.32 Å². The second-order valence-corrected chi connectivity index (χ2v) is 3.77. The summed E-state index contributed by atoms with van der Waals surface area (Å²) in [7, 11) is 1.59. The van der Waals surface area contributed by atoms with Crippen LogP contribution in [-0.4, -0.2) is 49.7 Å². The van der Waals surface area contributed by atoms with Crippen LogP contribution in [0.1, 0.15) is 20.3 Å². The number of carbonyl (C=O) groups is 1. The molecule has 4 nitrogen and oxygen atoms in total. The first-order valence-corrected chi connectivity index (χ1v) is 5.24. The molecule has 1 N–H and O–H groups in total. The fourth-order valence-corrected chi connectivity index (χ4v) is 1.78. The first kappa shape index (κ1) is 11.5. The first-order valence-electron chi connectivity index (χ1n) is 5.24. The van der Waals surface area contributed by atoms with Gasteiger partial charge in [-0.05, 0) is 13.3 Å². The summed E-state index contributed by atoms with van der Waals surface area (Å²) >= 11 is 0. The number of piperazine rings is 1. The number of nitrogens with zero attached hydrogens (tertiary/aromatic N) is 1. The molecule has 0 aromatic rings. The van der Waals surface area contributed by atoms with Crippen molar-refractivity contribution in [2.45, 2.75) is 32.4 Å². The predicted octanol–water partition coefficient (Wildman–Crippen LogP) is 0.232. The molecule has 0 aliphatic carbocycles. The van der Waals surface area contributed by atoms with Gasteiger partial charge in [0.2, 0.25) is 0 Å². The Kier molecular flexibility index (Phi) is 4.35. The van der Waals surface area contributed by atoms with Gasteiger partial charge in [-0.3, -0.25) is 4.79 Å². The van der Waals surface area contributed by atoms with E-state index in [1.165, 1.54) is 0 Å². The van der Waals surface area contributed by atoms with Gasteiger partial charge in [0.15, 0.2) is 0 Å². The highest BCUT2D eigenvalue weighted by Crippen LogP contribution is 2.06. The van der Waals surface area contributed by atoms with Crippen LogP contribution in [0.2, 0.25) is 0 Å². The van der Waals surface area contributed by atoms with Crippen molar-refractivity contribution in [3.05, 3.63) is 0 Å². The smallest absolute Gasteiger partial charge is 0.251 e. The molecule has 1 aliphatic heterocycles. The van der Waals surface area contributed by atoms with E-state index in [0.29, 0.717) is 6.04 Å². The van der Waals surface area contributed by atoms with Gasteiger partial charge in [-0.25, -0.2) is 0 Å². The Morgan fingerprint density at radius 1 is 1.71 bits per heavy atom. The topological polar surface area (TPSA) is 41.6 Å². The lowest BCUT2D eigenvalue weighted by atomic mass is 10.2. The lowest BCUT2D eigenvalue weighted by Crippen LogP contribution is -2.53. The Labute approximate surface area is 85.6 Å². The molecule has 1 rings (SSSR count). The number of hydrogen-bond donors (Lipinski definition) is 1. The molecule has 1 saturated heterocycles. The van der Waals surface area contributed by atoms with Gasteiger partial charge in [0, 0.05) is 32.8 Å². The molecule has 1 fully saturated rings. The Hall–Kier alpha value is -0.610. The van der Waals surface area contributed by atoms with Gasteiger partial charge in [-0.2, -0.15) is 0 Å². The number of rotatable bonds is 3. The van der Waals surface area contributed by atoms with Crippen LogP contribution in [0.5, 0.6) is 0 Å². The van der Waals surface area contributed by atoms with Crippen LogP contribution in [0, 0.1) is 0 Å². The van der Waals surface area contributed by atoms with Gasteiger partial charge in [0.1, 0.15) is 6.10 Å². The third-order valence-corrected chi connectivity index (χ3v) is 2.61. The first-order chi connectivity index (χ1) is 6.69. The standard InChI is InChI=1S/C10H20N2O2/c1-4-9(14-3)10(13)12-6-5-11-8(2)7-12/h8-9,11H,4-7H2,1-3H3. The zero-order valence-corrected chi connectivity index (χ0v) is 9.25. The second kappa shape index (κ2) is 5.32. The average molecular weight is 200 g/mol. The summed E-state index contributed by atoms with van der Waals surface area (Å²) in [5, 5.41) is 3.31. The van der Waals surface area contributed by atoms with Gasteiger partial charge in [-0.15, -0.1) is 0 Å². The largest absolute Gasteiger partial charge is 0.372 e. The molecule has 0 aromatic heterocycles. The Morgan fingerprint density at radius 3 is 2.93 bits per heavy atom. The van der Waals surface area contributed by atoms with Crippen molar-refractivity contribution >= 4 is 5.91 Å². The molecule has 0 saturated carbocycles. The van der Waals surface area contributed by atoms with Crippen molar-refractivity contribution < 1.29 is 9.53 Å². The number of nitrogens with one attached hydrogen (secondary N) is 1. The highest BCUT2D eigenvalue weighted by atomic mass is 16.5. The van der Waals surface area contributed by atoms with Crippen LogP contribution in [0.3, 0.4) is 0 Å². The maximum Gasteiger partial charge on any atom is 0.251 e. The molecule has 0 bridgehead atoms. The fourth-order valence-electron chi connectivity index (χ4n) is 1.78. The maximum atomic E-state index is 11.9. The summed E-state index contributed by atoms with van der Waals surface area (Å²) < 4.78 is 5.14. The third-order valence-electron chi connectivity index (χ3n) is 2.61. The Morgan fingerprint density at radius 2 is 2.43 bits per heavy atom. The van der Waals surface area contributed by atoms with Gasteiger partial charge in [0.25, 0.3) is 5.91 Å². The van der Waals surface area contributed by atoms with E-state index >= 15 is 0 Å². The molecule has 1 aliphatic rings. The molecular weight excluding hydrogens is 180 g/mol. The number of methoxy groups -OCH3 is 1. The minimum Gasteiger partial charge on any atom is -0.372 e. The van der Waals surface area contributed by atoms with Crippen LogP contribution in [0.4, 0.5) is 0 Å². The molecule has 0 spiro atoms. The van der Waals surface area contributed by atoms with Crippen molar-refractivity contribution in [3.8, 4) is 0 Å². The quantitative estimate of drug-likeness (QED) is 0.709. The zero-order valence-electron chi connectivity index (χ0n) is 9.25. The van der Waals surface area contributed by atoms with Crippen LogP contribution in [-0.2, 0) is 9.53 Å². The van der Waals surface area contributed by atoms with Gasteiger partial charge in [0.05, 0.1) is 0 Å². The van der Waals surface area contributed by atoms with E-state index in [-0.39, 0.29) is 12.0 Å². The van der Waals surface area contributed by atoms with E-state index < -0.39 is 0 Å². The molecule has 2 atom stereocenters. The summed E-state index contributed by atoms with van der Waals surface area (Å²) in [5.74, 6) is 0.128. The van der Waals surface area contributed by atoms with Crippen molar-refractivity contribution in [2.24, 2.45) is 0 Å². The lowest BCUT2D eigenvalue weighted by molar-refractivity contribution is -0.143. The number of carbonyl (C=O) groups excluding carboxylic acids is 1. The summed E-state index contributed by atoms with van der Waals surface area (Å²) in [6, 6.07) is 0.391. The molecule has 2 unspecified atom stereocenters. The summed E-state index contributed by atoms with van der Waals surface area (Å²) in [6.07, 6.45) is 0.480. The van der Waals surface area contributed by atoms with Crippen molar-refractivity contribution in [1.29, 1.82) is 0 Å². The average Bonchev–Trinajstić information content (AvgIpc) is 2.19. The van der Waals surface area contributed by atoms with E-state index in [2.05, 4.69) is 12.2 Å². The van der Waals surface area contributed by atoms with Gasteiger partial charge < -0.3 is 15.0 Å². The van der Waals surface area contributed by atoms with E-state index in [0.717, 1.165) is 26.1 Å². The van der Waals surface area contributed by atoms with Gasteiger partial charge in [-0.1, -0.05) is 6.92 Å². The minimum absolute atomic E-state index is 0.128. The summed E-state index contributed by atoms with van der Waals surface area (Å²) in [6.45, 7) is 6.53. The van der Waals surface area contributed by atoms with Crippen LogP contribution in [0.15, 0.2) is 0 Å². The normalized spacial score (nSPS) is 24.8. The highest BCUT2D eigenvalue weighted by Gasteiger charge is 2.25. The summed E-state index contributed by atoms with van der Waals surface area (Å²) in [4.78, 5) is 13.8. The highest BCUT2D eigenvalue weighted by molar-refractivity contribution is 5.81. The number of ether oxygens (including phenoxy) is 1. The molecule has 1 amide bonds. The minimum atomic E-state index is -0.264.